The monoisotopic (exact) mass is 290 g/mol. The fraction of sp³-hybridized carbons (Fsp3) is 0.222. The molecule has 88 valence electrons. The minimum atomic E-state index is -0.629. The molecule has 0 amide bonds. The number of ether oxygens (including phenoxy) is 2. The average Bonchev–Trinajstić information content (AvgIpc) is 2.28. The van der Waals surface area contributed by atoms with E-state index >= 15 is 0 Å². The standard InChI is InChI=1S/C9H11BrN2O4/c1-14-7-3-5(9(13)16-12-11)6(10)4-8(7)15-2/h3-4,12H,11H2,1-2H3. The Kier molecular flexibility index (Phi) is 4.53. The van der Waals surface area contributed by atoms with Crippen LogP contribution in [0.1, 0.15) is 10.4 Å². The van der Waals surface area contributed by atoms with Gasteiger partial charge in [-0.1, -0.05) is 5.59 Å². The summed E-state index contributed by atoms with van der Waals surface area (Å²) < 4.78 is 10.6. The lowest BCUT2D eigenvalue weighted by Crippen LogP contribution is -2.26. The molecule has 0 bridgehead atoms. The Labute approximate surface area is 101 Å². The number of hydrazine groups is 1. The molecular formula is C9H11BrN2O4. The topological polar surface area (TPSA) is 82.8 Å². The van der Waals surface area contributed by atoms with Crippen LogP contribution in [0.3, 0.4) is 0 Å². The van der Waals surface area contributed by atoms with Crippen LogP contribution in [0.4, 0.5) is 0 Å². The highest BCUT2D eigenvalue weighted by Crippen LogP contribution is 2.33. The van der Waals surface area contributed by atoms with E-state index in [2.05, 4.69) is 20.8 Å². The smallest absolute Gasteiger partial charge is 0.359 e. The molecule has 7 heteroatoms. The van der Waals surface area contributed by atoms with Gasteiger partial charge in [0.05, 0.1) is 19.8 Å². The normalized spacial score (nSPS) is 9.75. The number of carbonyl (C=O) groups is 1. The zero-order valence-corrected chi connectivity index (χ0v) is 10.3. The van der Waals surface area contributed by atoms with Crippen molar-refractivity contribution in [3.05, 3.63) is 22.2 Å². The van der Waals surface area contributed by atoms with Crippen LogP contribution in [0.2, 0.25) is 0 Å². The summed E-state index contributed by atoms with van der Waals surface area (Å²) in [7, 11) is 2.98. The van der Waals surface area contributed by atoms with Crippen LogP contribution in [0, 0.1) is 0 Å². The molecule has 1 aromatic carbocycles. The first-order chi connectivity index (χ1) is 7.63. The van der Waals surface area contributed by atoms with Gasteiger partial charge in [0.25, 0.3) is 0 Å². The Bertz CT molecular complexity index is 397. The molecule has 0 aliphatic carbocycles. The summed E-state index contributed by atoms with van der Waals surface area (Å²) in [6, 6.07) is 3.09. The van der Waals surface area contributed by atoms with Crippen molar-refractivity contribution in [1.29, 1.82) is 0 Å². The summed E-state index contributed by atoms with van der Waals surface area (Å²) in [6.07, 6.45) is 0. The Morgan fingerprint density at radius 1 is 1.31 bits per heavy atom. The zero-order chi connectivity index (χ0) is 12.1. The van der Waals surface area contributed by atoms with Crippen LogP contribution in [-0.2, 0) is 4.84 Å². The lowest BCUT2D eigenvalue weighted by atomic mass is 10.2. The van der Waals surface area contributed by atoms with Gasteiger partial charge in [-0.15, -0.1) is 0 Å². The van der Waals surface area contributed by atoms with Crippen molar-refractivity contribution in [2.45, 2.75) is 0 Å². The molecular weight excluding hydrogens is 280 g/mol. The maximum absolute atomic E-state index is 11.4. The molecule has 0 aliphatic rings. The Hall–Kier alpha value is -1.31. The van der Waals surface area contributed by atoms with Gasteiger partial charge in [0.2, 0.25) is 0 Å². The summed E-state index contributed by atoms with van der Waals surface area (Å²) in [5.41, 5.74) is 2.09. The molecule has 0 saturated carbocycles. The summed E-state index contributed by atoms with van der Waals surface area (Å²) in [5, 5.41) is 0. The van der Waals surface area contributed by atoms with Gasteiger partial charge in [-0.3, -0.25) is 0 Å². The van der Waals surface area contributed by atoms with Gasteiger partial charge >= 0.3 is 5.97 Å². The van der Waals surface area contributed by atoms with E-state index in [1.807, 2.05) is 5.59 Å². The van der Waals surface area contributed by atoms with Crippen molar-refractivity contribution in [1.82, 2.24) is 5.59 Å². The van der Waals surface area contributed by atoms with E-state index in [0.717, 1.165) is 0 Å². The van der Waals surface area contributed by atoms with Crippen molar-refractivity contribution < 1.29 is 19.1 Å². The number of nitrogens with one attached hydrogen (secondary N) is 1. The number of benzene rings is 1. The molecule has 1 aromatic rings. The van der Waals surface area contributed by atoms with Crippen molar-refractivity contribution >= 4 is 21.9 Å². The van der Waals surface area contributed by atoms with Crippen LogP contribution < -0.4 is 20.9 Å². The van der Waals surface area contributed by atoms with Gasteiger partial charge in [-0.25, -0.2) is 10.6 Å². The third-order valence-corrected chi connectivity index (χ3v) is 2.50. The first-order valence-corrected chi connectivity index (χ1v) is 5.01. The first kappa shape index (κ1) is 12.8. The number of halogens is 1. The van der Waals surface area contributed by atoms with Crippen LogP contribution in [0.5, 0.6) is 11.5 Å². The van der Waals surface area contributed by atoms with Crippen LogP contribution in [0.25, 0.3) is 0 Å². The van der Waals surface area contributed by atoms with Crippen molar-refractivity contribution in [2.75, 3.05) is 14.2 Å². The van der Waals surface area contributed by atoms with Crippen LogP contribution in [-0.4, -0.2) is 20.2 Å². The number of nitrogens with two attached hydrogens (primary N) is 1. The highest BCUT2D eigenvalue weighted by Gasteiger charge is 2.16. The van der Waals surface area contributed by atoms with Crippen LogP contribution in [0.15, 0.2) is 16.6 Å². The Balaban J connectivity index is 3.15. The molecule has 1 rings (SSSR count). The highest BCUT2D eigenvalue weighted by atomic mass is 79.9. The van der Waals surface area contributed by atoms with Gasteiger partial charge < -0.3 is 14.3 Å². The predicted octanol–water partition coefficient (Wildman–Crippen LogP) is 1.00. The maximum atomic E-state index is 11.4. The third kappa shape index (κ3) is 2.63. The summed E-state index contributed by atoms with van der Waals surface area (Å²) in [6.45, 7) is 0. The third-order valence-electron chi connectivity index (χ3n) is 1.84. The van der Waals surface area contributed by atoms with Gasteiger partial charge in [-0.05, 0) is 28.1 Å². The molecule has 0 aromatic heterocycles. The number of hydrogen-bond acceptors (Lipinski definition) is 6. The van der Waals surface area contributed by atoms with Crippen molar-refractivity contribution in [2.24, 2.45) is 5.84 Å². The minimum absolute atomic E-state index is 0.274. The number of hydrogen-bond donors (Lipinski definition) is 2. The predicted molar refractivity (Wildman–Crippen MR) is 60.0 cm³/mol. The second-order valence-electron chi connectivity index (χ2n) is 2.69. The molecule has 0 aliphatic heterocycles. The molecule has 0 fully saturated rings. The molecule has 0 radical (unpaired) electrons. The van der Waals surface area contributed by atoms with Crippen molar-refractivity contribution in [3.8, 4) is 11.5 Å². The van der Waals surface area contributed by atoms with Gasteiger partial charge in [0.1, 0.15) is 0 Å². The van der Waals surface area contributed by atoms with E-state index in [0.29, 0.717) is 16.0 Å². The molecule has 0 unspecified atom stereocenters. The Morgan fingerprint density at radius 2 is 1.88 bits per heavy atom. The number of rotatable bonds is 4. The largest absolute Gasteiger partial charge is 0.493 e. The van der Waals surface area contributed by atoms with E-state index in [1.165, 1.54) is 20.3 Å². The molecule has 6 nitrogen and oxygen atoms in total. The molecule has 0 heterocycles. The average molecular weight is 291 g/mol. The fourth-order valence-electron chi connectivity index (χ4n) is 1.12. The van der Waals surface area contributed by atoms with E-state index in [4.69, 9.17) is 15.3 Å². The number of carbonyl (C=O) groups excluding carboxylic acids is 1. The van der Waals surface area contributed by atoms with E-state index < -0.39 is 5.97 Å². The van der Waals surface area contributed by atoms with Crippen molar-refractivity contribution in [3.63, 3.8) is 0 Å². The molecule has 3 N–H and O–H groups in total. The van der Waals surface area contributed by atoms with Gasteiger partial charge in [0.15, 0.2) is 11.5 Å². The zero-order valence-electron chi connectivity index (χ0n) is 8.74. The second kappa shape index (κ2) is 5.69. The molecule has 16 heavy (non-hydrogen) atoms. The molecule has 0 saturated heterocycles. The molecule has 0 atom stereocenters. The van der Waals surface area contributed by atoms with Gasteiger partial charge in [-0.2, -0.15) is 0 Å². The van der Waals surface area contributed by atoms with Crippen LogP contribution >= 0.6 is 15.9 Å². The highest BCUT2D eigenvalue weighted by molar-refractivity contribution is 9.10. The minimum Gasteiger partial charge on any atom is -0.493 e. The second-order valence-corrected chi connectivity index (χ2v) is 3.55. The molecule has 0 spiro atoms. The fourth-order valence-corrected chi connectivity index (χ4v) is 1.60. The summed E-state index contributed by atoms with van der Waals surface area (Å²) >= 11 is 3.22. The quantitative estimate of drug-likeness (QED) is 0.636. The van der Waals surface area contributed by atoms with E-state index in [9.17, 15) is 4.79 Å². The first-order valence-electron chi connectivity index (χ1n) is 4.22. The Morgan fingerprint density at radius 3 is 2.38 bits per heavy atom. The van der Waals surface area contributed by atoms with E-state index in [1.54, 1.807) is 6.07 Å². The van der Waals surface area contributed by atoms with E-state index in [-0.39, 0.29) is 5.56 Å². The van der Waals surface area contributed by atoms with Gasteiger partial charge in [0, 0.05) is 4.47 Å². The summed E-state index contributed by atoms with van der Waals surface area (Å²) in [5.74, 6) is 5.18. The SMILES string of the molecule is COc1cc(Br)c(C(=O)ONN)cc1OC. The number of methoxy groups -OCH3 is 2. The summed E-state index contributed by atoms with van der Waals surface area (Å²) in [4.78, 5) is 15.9. The lowest BCUT2D eigenvalue weighted by molar-refractivity contribution is 0.0252. The lowest BCUT2D eigenvalue weighted by Gasteiger charge is -2.10. The maximum Gasteiger partial charge on any atom is 0.359 e.